The van der Waals surface area contributed by atoms with Gasteiger partial charge in [-0.15, -0.1) is 0 Å². The number of ether oxygens (including phenoxy) is 1. The standard InChI is InChI=1S/C13H18FNO4S/c1-8(2)4-5-19-13(16)11-7-10(20(15,17)18)6-9(3)12(11)14/h6-8H,4-5H2,1-3H3,(H2,15,17,18). The van der Waals surface area contributed by atoms with Crippen molar-refractivity contribution in [2.45, 2.75) is 32.1 Å². The van der Waals surface area contributed by atoms with Gasteiger partial charge in [-0.25, -0.2) is 22.7 Å². The Labute approximate surface area is 118 Å². The highest BCUT2D eigenvalue weighted by molar-refractivity contribution is 7.89. The van der Waals surface area contributed by atoms with Gasteiger partial charge in [0.1, 0.15) is 5.82 Å². The minimum absolute atomic E-state index is 0.0207. The highest BCUT2D eigenvalue weighted by atomic mass is 32.2. The van der Waals surface area contributed by atoms with Gasteiger partial charge in [0.25, 0.3) is 0 Å². The van der Waals surface area contributed by atoms with E-state index >= 15 is 0 Å². The molecule has 0 radical (unpaired) electrons. The summed E-state index contributed by atoms with van der Waals surface area (Å²) in [6.45, 7) is 5.42. The molecule has 0 fully saturated rings. The summed E-state index contributed by atoms with van der Waals surface area (Å²) in [4.78, 5) is 11.5. The molecule has 0 heterocycles. The summed E-state index contributed by atoms with van der Waals surface area (Å²) in [6, 6.07) is 1.98. The minimum Gasteiger partial charge on any atom is -0.462 e. The van der Waals surface area contributed by atoms with E-state index in [1.807, 2.05) is 13.8 Å². The van der Waals surface area contributed by atoms with Crippen LogP contribution < -0.4 is 5.14 Å². The average Bonchev–Trinajstić information content (AvgIpc) is 2.30. The van der Waals surface area contributed by atoms with Crippen LogP contribution in [0.5, 0.6) is 0 Å². The van der Waals surface area contributed by atoms with Gasteiger partial charge in [0.05, 0.1) is 17.1 Å². The lowest BCUT2D eigenvalue weighted by molar-refractivity contribution is 0.0482. The zero-order valence-corrected chi connectivity index (χ0v) is 12.5. The number of halogens is 1. The maximum absolute atomic E-state index is 13.9. The molecule has 0 saturated carbocycles. The van der Waals surface area contributed by atoms with Crippen LogP contribution in [-0.4, -0.2) is 21.0 Å². The van der Waals surface area contributed by atoms with Crippen molar-refractivity contribution in [3.8, 4) is 0 Å². The van der Waals surface area contributed by atoms with Gasteiger partial charge < -0.3 is 4.74 Å². The van der Waals surface area contributed by atoms with Gasteiger partial charge in [-0.05, 0) is 37.0 Å². The third kappa shape index (κ3) is 4.28. The molecule has 0 unspecified atom stereocenters. The average molecular weight is 303 g/mol. The van der Waals surface area contributed by atoms with Gasteiger partial charge >= 0.3 is 5.97 Å². The van der Waals surface area contributed by atoms with Gasteiger partial charge in [-0.3, -0.25) is 0 Å². The summed E-state index contributed by atoms with van der Waals surface area (Å²) < 4.78 is 41.4. The number of benzene rings is 1. The van der Waals surface area contributed by atoms with Crippen LogP contribution in [0.25, 0.3) is 0 Å². The molecule has 7 heteroatoms. The first-order valence-corrected chi connectivity index (χ1v) is 7.67. The molecule has 0 spiro atoms. The number of esters is 1. The summed E-state index contributed by atoms with van der Waals surface area (Å²) in [5.41, 5.74) is -0.398. The smallest absolute Gasteiger partial charge is 0.341 e. The van der Waals surface area contributed by atoms with E-state index in [2.05, 4.69) is 0 Å². The van der Waals surface area contributed by atoms with E-state index in [0.717, 1.165) is 12.1 Å². The molecule has 1 aromatic carbocycles. The molecule has 112 valence electrons. The third-order valence-corrected chi connectivity index (χ3v) is 3.60. The molecule has 0 aromatic heterocycles. The predicted molar refractivity (Wildman–Crippen MR) is 72.2 cm³/mol. The van der Waals surface area contributed by atoms with Gasteiger partial charge in [0, 0.05) is 0 Å². The molecule has 0 amide bonds. The first-order chi connectivity index (χ1) is 9.12. The van der Waals surface area contributed by atoms with E-state index in [-0.39, 0.29) is 17.1 Å². The van der Waals surface area contributed by atoms with Crippen molar-refractivity contribution in [2.75, 3.05) is 6.61 Å². The van der Waals surface area contributed by atoms with Crippen LogP contribution in [0, 0.1) is 18.7 Å². The Kier molecular flexibility index (Phi) is 5.24. The monoisotopic (exact) mass is 303 g/mol. The van der Waals surface area contributed by atoms with Crippen LogP contribution in [0.1, 0.15) is 36.2 Å². The second-order valence-electron chi connectivity index (χ2n) is 4.97. The molecule has 0 bridgehead atoms. The molecule has 0 atom stereocenters. The fraction of sp³-hybridized carbons (Fsp3) is 0.462. The minimum atomic E-state index is -4.01. The van der Waals surface area contributed by atoms with E-state index in [0.29, 0.717) is 12.3 Å². The quantitative estimate of drug-likeness (QED) is 0.843. The van der Waals surface area contributed by atoms with Gasteiger partial charge in [-0.2, -0.15) is 0 Å². The van der Waals surface area contributed by atoms with Crippen molar-refractivity contribution in [2.24, 2.45) is 11.1 Å². The maximum atomic E-state index is 13.9. The highest BCUT2D eigenvalue weighted by Crippen LogP contribution is 2.19. The van der Waals surface area contributed by atoms with Crippen molar-refractivity contribution >= 4 is 16.0 Å². The molecular weight excluding hydrogens is 285 g/mol. The molecule has 0 aliphatic heterocycles. The van der Waals surface area contributed by atoms with Gasteiger partial charge in [0.2, 0.25) is 10.0 Å². The molecule has 0 aliphatic rings. The number of primary sulfonamides is 1. The Morgan fingerprint density at radius 2 is 2.00 bits per heavy atom. The Morgan fingerprint density at radius 3 is 2.50 bits per heavy atom. The molecule has 2 N–H and O–H groups in total. The van der Waals surface area contributed by atoms with Crippen LogP contribution in [0.15, 0.2) is 17.0 Å². The summed E-state index contributed by atoms with van der Waals surface area (Å²) in [5.74, 6) is -1.35. The van der Waals surface area contributed by atoms with Crippen molar-refractivity contribution in [1.82, 2.24) is 0 Å². The van der Waals surface area contributed by atoms with Crippen LogP contribution in [-0.2, 0) is 14.8 Å². The van der Waals surface area contributed by atoms with Gasteiger partial charge in [-0.1, -0.05) is 13.8 Å². The first kappa shape index (κ1) is 16.6. The van der Waals surface area contributed by atoms with Crippen LogP contribution >= 0.6 is 0 Å². The fourth-order valence-electron chi connectivity index (χ4n) is 1.51. The lowest BCUT2D eigenvalue weighted by Gasteiger charge is -2.10. The van der Waals surface area contributed by atoms with Crippen LogP contribution in [0.4, 0.5) is 4.39 Å². The topological polar surface area (TPSA) is 86.5 Å². The predicted octanol–water partition coefficient (Wildman–Crippen LogP) is 1.98. The van der Waals surface area contributed by atoms with Crippen molar-refractivity contribution in [3.05, 3.63) is 29.1 Å². The molecule has 0 saturated heterocycles. The normalized spacial score (nSPS) is 11.7. The lowest BCUT2D eigenvalue weighted by Crippen LogP contribution is -2.16. The largest absolute Gasteiger partial charge is 0.462 e. The number of rotatable bonds is 5. The zero-order chi connectivity index (χ0) is 15.5. The molecule has 5 nitrogen and oxygen atoms in total. The Balaban J connectivity index is 3.05. The Bertz CT molecular complexity index is 611. The molecule has 1 aromatic rings. The van der Waals surface area contributed by atoms with E-state index in [9.17, 15) is 17.6 Å². The molecular formula is C13H18FNO4S. The van der Waals surface area contributed by atoms with E-state index < -0.39 is 27.4 Å². The third-order valence-electron chi connectivity index (χ3n) is 2.70. The molecule has 0 aliphatic carbocycles. The highest BCUT2D eigenvalue weighted by Gasteiger charge is 2.20. The van der Waals surface area contributed by atoms with Gasteiger partial charge in [0.15, 0.2) is 0 Å². The Morgan fingerprint density at radius 1 is 1.40 bits per heavy atom. The lowest BCUT2D eigenvalue weighted by atomic mass is 10.1. The molecule has 20 heavy (non-hydrogen) atoms. The number of hydrogen-bond acceptors (Lipinski definition) is 4. The van der Waals surface area contributed by atoms with Crippen LogP contribution in [0.3, 0.4) is 0 Å². The second-order valence-corrected chi connectivity index (χ2v) is 6.53. The number of hydrogen-bond donors (Lipinski definition) is 1. The second kappa shape index (κ2) is 6.32. The number of nitrogens with two attached hydrogens (primary N) is 1. The maximum Gasteiger partial charge on any atom is 0.341 e. The zero-order valence-electron chi connectivity index (χ0n) is 11.6. The van der Waals surface area contributed by atoms with Crippen molar-refractivity contribution in [3.63, 3.8) is 0 Å². The van der Waals surface area contributed by atoms with Crippen molar-refractivity contribution < 1.29 is 22.3 Å². The summed E-state index contributed by atoms with van der Waals surface area (Å²) in [7, 11) is -4.01. The van der Waals surface area contributed by atoms with Crippen molar-refractivity contribution in [1.29, 1.82) is 0 Å². The number of aryl methyl sites for hydroxylation is 1. The summed E-state index contributed by atoms with van der Waals surface area (Å²) >= 11 is 0. The number of sulfonamides is 1. The van der Waals surface area contributed by atoms with Crippen LogP contribution in [0.2, 0.25) is 0 Å². The van der Waals surface area contributed by atoms with E-state index in [4.69, 9.17) is 9.88 Å². The van der Waals surface area contributed by atoms with E-state index in [1.165, 1.54) is 6.92 Å². The SMILES string of the molecule is Cc1cc(S(N)(=O)=O)cc(C(=O)OCCC(C)C)c1F. The number of carbonyl (C=O) groups excluding carboxylic acids is 1. The first-order valence-electron chi connectivity index (χ1n) is 6.13. The fourth-order valence-corrected chi connectivity index (χ4v) is 2.14. The number of carbonyl (C=O) groups is 1. The Hall–Kier alpha value is -1.47. The summed E-state index contributed by atoms with van der Waals surface area (Å²) in [5, 5.41) is 4.98. The van der Waals surface area contributed by atoms with E-state index in [1.54, 1.807) is 0 Å². The summed E-state index contributed by atoms with van der Waals surface area (Å²) in [6.07, 6.45) is 0.640. The molecule has 1 rings (SSSR count).